The minimum absolute atomic E-state index is 0.575. The molecule has 4 aliphatic carbocycles. The number of hydrogen-bond donors (Lipinski definition) is 0. The summed E-state index contributed by atoms with van der Waals surface area (Å²) in [6, 6.07) is 0. The van der Waals surface area contributed by atoms with Crippen LogP contribution in [0.15, 0.2) is 25.3 Å². The Morgan fingerprint density at radius 1 is 0.867 bits per heavy atom. The molecule has 0 spiro atoms. The second kappa shape index (κ2) is 3.23. The third kappa shape index (κ3) is 1.33. The van der Waals surface area contributed by atoms with Gasteiger partial charge >= 0.3 is 0 Å². The molecule has 4 fully saturated rings. The molecule has 0 nitrogen and oxygen atoms in total. The Hall–Kier alpha value is -0.520. The normalized spacial score (nSPS) is 47.1. The molecule has 0 unspecified atom stereocenters. The topological polar surface area (TPSA) is 0 Å². The Bertz CT molecular complexity index is 243. The van der Waals surface area contributed by atoms with Crippen molar-refractivity contribution in [3.05, 3.63) is 25.3 Å². The van der Waals surface area contributed by atoms with E-state index in [1.54, 1.807) is 0 Å². The van der Waals surface area contributed by atoms with E-state index in [9.17, 15) is 0 Å². The molecule has 0 aliphatic heterocycles. The summed E-state index contributed by atoms with van der Waals surface area (Å²) in [7, 11) is 0. The maximum atomic E-state index is 4.02. The highest BCUT2D eigenvalue weighted by Gasteiger charge is 2.52. The number of hydrogen-bond acceptors (Lipinski definition) is 0. The van der Waals surface area contributed by atoms with E-state index in [0.29, 0.717) is 11.3 Å². The summed E-state index contributed by atoms with van der Waals surface area (Å²) in [6.07, 6.45) is 13.3. The van der Waals surface area contributed by atoms with Crippen LogP contribution in [0.1, 0.15) is 38.5 Å². The Kier molecular flexibility index (Phi) is 2.09. The van der Waals surface area contributed by atoms with E-state index in [2.05, 4.69) is 25.3 Å². The van der Waals surface area contributed by atoms with E-state index < -0.39 is 0 Å². The number of allylic oxidation sites excluding steroid dienone is 2. The first-order chi connectivity index (χ1) is 7.25. The van der Waals surface area contributed by atoms with Crippen molar-refractivity contribution >= 4 is 0 Å². The van der Waals surface area contributed by atoms with Gasteiger partial charge < -0.3 is 0 Å². The Morgan fingerprint density at radius 3 is 1.60 bits per heavy atom. The summed E-state index contributed by atoms with van der Waals surface area (Å²) in [4.78, 5) is 0. The van der Waals surface area contributed by atoms with Crippen LogP contribution in [0, 0.1) is 29.1 Å². The highest BCUT2D eigenvalue weighted by atomic mass is 14.6. The molecule has 4 saturated carbocycles. The lowest BCUT2D eigenvalue weighted by Gasteiger charge is -2.58. The zero-order valence-electron chi connectivity index (χ0n) is 9.62. The average molecular weight is 202 g/mol. The van der Waals surface area contributed by atoms with Crippen LogP contribution in [0.2, 0.25) is 0 Å². The van der Waals surface area contributed by atoms with Crippen molar-refractivity contribution in [2.75, 3.05) is 0 Å². The highest BCUT2D eigenvalue weighted by molar-refractivity contribution is 5.11. The monoisotopic (exact) mass is 202 g/mol. The fourth-order valence-corrected chi connectivity index (χ4v) is 5.18. The molecule has 0 aromatic carbocycles. The standard InChI is InChI=1S/C15H22/c1-3-14(4-2)15-8-11-5-12(9-15)7-13(6-11)10-15/h3-4,11-14H,1-2,5-10H2. The Balaban J connectivity index is 1.92. The minimum atomic E-state index is 0.575. The van der Waals surface area contributed by atoms with Gasteiger partial charge in [-0.2, -0.15) is 0 Å². The highest BCUT2D eigenvalue weighted by Crippen LogP contribution is 2.63. The molecule has 0 radical (unpaired) electrons. The lowest BCUT2D eigenvalue weighted by Crippen LogP contribution is -2.48. The first-order valence-corrected chi connectivity index (χ1v) is 6.51. The lowest BCUT2D eigenvalue weighted by atomic mass is 9.46. The van der Waals surface area contributed by atoms with Crippen molar-refractivity contribution < 1.29 is 0 Å². The zero-order valence-corrected chi connectivity index (χ0v) is 9.62. The molecule has 15 heavy (non-hydrogen) atoms. The van der Waals surface area contributed by atoms with Crippen LogP contribution in [0.5, 0.6) is 0 Å². The lowest BCUT2D eigenvalue weighted by molar-refractivity contribution is -0.0669. The molecule has 0 N–H and O–H groups in total. The van der Waals surface area contributed by atoms with Gasteiger partial charge in [-0.1, -0.05) is 12.2 Å². The van der Waals surface area contributed by atoms with Crippen molar-refractivity contribution in [3.8, 4) is 0 Å². The fourth-order valence-electron chi connectivity index (χ4n) is 5.18. The van der Waals surface area contributed by atoms with Crippen LogP contribution < -0.4 is 0 Å². The van der Waals surface area contributed by atoms with Crippen molar-refractivity contribution in [1.82, 2.24) is 0 Å². The molecular formula is C15H22. The van der Waals surface area contributed by atoms with E-state index in [4.69, 9.17) is 0 Å². The molecule has 0 heterocycles. The molecule has 0 amide bonds. The van der Waals surface area contributed by atoms with E-state index in [1.165, 1.54) is 38.5 Å². The van der Waals surface area contributed by atoms with Gasteiger partial charge in [-0.05, 0) is 67.6 Å². The molecule has 0 atom stereocenters. The van der Waals surface area contributed by atoms with Crippen molar-refractivity contribution in [1.29, 1.82) is 0 Å². The van der Waals surface area contributed by atoms with Crippen LogP contribution in [-0.4, -0.2) is 0 Å². The van der Waals surface area contributed by atoms with Crippen molar-refractivity contribution in [3.63, 3.8) is 0 Å². The molecule has 4 rings (SSSR count). The third-order valence-electron chi connectivity index (χ3n) is 5.30. The summed E-state index contributed by atoms with van der Waals surface area (Å²) < 4.78 is 0. The van der Waals surface area contributed by atoms with Crippen LogP contribution in [-0.2, 0) is 0 Å². The van der Waals surface area contributed by atoms with Crippen molar-refractivity contribution in [2.45, 2.75) is 38.5 Å². The molecule has 82 valence electrons. The Morgan fingerprint density at radius 2 is 1.27 bits per heavy atom. The van der Waals surface area contributed by atoms with Gasteiger partial charge in [0.15, 0.2) is 0 Å². The second-order valence-electron chi connectivity index (χ2n) is 6.28. The van der Waals surface area contributed by atoms with Crippen LogP contribution >= 0.6 is 0 Å². The van der Waals surface area contributed by atoms with E-state index >= 15 is 0 Å². The quantitative estimate of drug-likeness (QED) is 0.602. The van der Waals surface area contributed by atoms with Crippen LogP contribution in [0.25, 0.3) is 0 Å². The smallest absolute Gasteiger partial charge is 0.000201 e. The summed E-state index contributed by atoms with van der Waals surface area (Å²) >= 11 is 0. The molecular weight excluding hydrogens is 180 g/mol. The predicted octanol–water partition coefficient (Wildman–Crippen LogP) is 4.19. The van der Waals surface area contributed by atoms with Gasteiger partial charge in [-0.15, -0.1) is 13.2 Å². The van der Waals surface area contributed by atoms with Gasteiger partial charge in [0.05, 0.1) is 0 Å². The molecule has 0 aromatic heterocycles. The van der Waals surface area contributed by atoms with E-state index in [0.717, 1.165) is 17.8 Å². The van der Waals surface area contributed by atoms with Crippen LogP contribution in [0.3, 0.4) is 0 Å². The first-order valence-electron chi connectivity index (χ1n) is 6.51. The van der Waals surface area contributed by atoms with Gasteiger partial charge in [-0.3, -0.25) is 0 Å². The average Bonchev–Trinajstić information content (AvgIpc) is 2.16. The molecule has 4 bridgehead atoms. The maximum Gasteiger partial charge on any atom is -0.000201 e. The summed E-state index contributed by atoms with van der Waals surface area (Å²) in [5.41, 5.74) is 0.582. The summed E-state index contributed by atoms with van der Waals surface area (Å²) in [5, 5.41) is 0. The summed E-state index contributed by atoms with van der Waals surface area (Å²) in [6.45, 7) is 8.04. The fraction of sp³-hybridized carbons (Fsp3) is 0.733. The predicted molar refractivity (Wildman–Crippen MR) is 64.5 cm³/mol. The zero-order chi connectivity index (χ0) is 10.5. The van der Waals surface area contributed by atoms with E-state index in [-0.39, 0.29) is 0 Å². The third-order valence-corrected chi connectivity index (χ3v) is 5.30. The van der Waals surface area contributed by atoms with Crippen molar-refractivity contribution in [2.24, 2.45) is 29.1 Å². The van der Waals surface area contributed by atoms with Gasteiger partial charge in [-0.25, -0.2) is 0 Å². The van der Waals surface area contributed by atoms with Crippen LogP contribution in [0.4, 0.5) is 0 Å². The SMILES string of the molecule is C=CC(C=C)C12CC3CC(CC(C3)C1)C2. The molecule has 0 aromatic rings. The minimum Gasteiger partial charge on any atom is -0.102 e. The van der Waals surface area contributed by atoms with Gasteiger partial charge in [0, 0.05) is 0 Å². The molecule has 0 heteroatoms. The maximum absolute atomic E-state index is 4.02. The largest absolute Gasteiger partial charge is 0.102 e. The number of rotatable bonds is 3. The van der Waals surface area contributed by atoms with Gasteiger partial charge in [0.1, 0.15) is 0 Å². The first kappa shape index (κ1) is 9.69. The van der Waals surface area contributed by atoms with Gasteiger partial charge in [0.2, 0.25) is 0 Å². The summed E-state index contributed by atoms with van der Waals surface area (Å²) in [5.74, 6) is 3.70. The molecule has 0 saturated heterocycles. The Labute approximate surface area is 93.5 Å². The molecule has 4 aliphatic rings. The second-order valence-corrected chi connectivity index (χ2v) is 6.28. The van der Waals surface area contributed by atoms with Gasteiger partial charge in [0.25, 0.3) is 0 Å². The van der Waals surface area contributed by atoms with E-state index in [1.807, 2.05) is 0 Å².